The number of aliphatic carboxylic acids is 1. The van der Waals surface area contributed by atoms with E-state index in [4.69, 9.17) is 5.11 Å². The summed E-state index contributed by atoms with van der Waals surface area (Å²) in [6.07, 6.45) is 4.97. The third-order valence-electron chi connectivity index (χ3n) is 0.715. The number of carbonyl (C=O) groups is 1. The summed E-state index contributed by atoms with van der Waals surface area (Å²) in [5.74, 6) is -0.905. The van der Waals surface area contributed by atoms with E-state index in [0.29, 0.717) is 0 Å². The molecule has 0 heterocycles. The first kappa shape index (κ1) is 8.38. The van der Waals surface area contributed by atoms with Gasteiger partial charge in [0, 0.05) is 0 Å². The first-order valence-electron chi connectivity index (χ1n) is 2.50. The molecule has 1 atom stereocenters. The average Bonchev–Trinajstić information content (AvgIpc) is 1.82. The maximum Gasteiger partial charge on any atom is 0.335 e. The maximum atomic E-state index is 10.1. The van der Waals surface area contributed by atoms with E-state index in [0.717, 1.165) is 0 Å². The summed E-state index contributed by atoms with van der Waals surface area (Å²) in [6.45, 7) is 1.83. The Bertz CT molecular complexity index is 158. The van der Waals surface area contributed by atoms with Crippen LogP contribution in [0, 0.1) is 0 Å². The third-order valence-corrected chi connectivity index (χ3v) is 1.15. The highest BCUT2D eigenvalue weighted by Gasteiger charge is 1.94. The topological polar surface area (TPSA) is 37.3 Å². The molecule has 0 fully saturated rings. The second-order valence-electron chi connectivity index (χ2n) is 1.45. The highest BCUT2D eigenvalue weighted by atomic mass is 31.0. The van der Waals surface area contributed by atoms with Crippen molar-refractivity contribution in [1.29, 1.82) is 0 Å². The van der Waals surface area contributed by atoms with E-state index in [2.05, 4.69) is 9.24 Å². The Hall–Kier alpha value is -0.620. The predicted molar refractivity (Wildman–Crippen MR) is 40.2 cm³/mol. The van der Waals surface area contributed by atoms with Gasteiger partial charge in [-0.25, -0.2) is 4.79 Å². The highest BCUT2D eigenvalue weighted by molar-refractivity contribution is 7.24. The van der Waals surface area contributed by atoms with Gasteiger partial charge in [-0.15, -0.1) is 0 Å². The standard InChI is InChI=1S/C6H9O2P/c1-2-3-4-5(9)6(7)8/h2-4H,9H2,1H3,(H,7,8)/b3-2+,5-4-. The lowest BCUT2D eigenvalue weighted by Crippen LogP contribution is -1.91. The van der Waals surface area contributed by atoms with Gasteiger partial charge < -0.3 is 5.11 Å². The minimum Gasteiger partial charge on any atom is -0.478 e. The molecule has 0 saturated carbocycles. The minimum atomic E-state index is -0.905. The molecule has 1 unspecified atom stereocenters. The zero-order chi connectivity index (χ0) is 7.28. The minimum absolute atomic E-state index is 0.271. The Morgan fingerprint density at radius 1 is 1.67 bits per heavy atom. The Morgan fingerprint density at radius 3 is 2.56 bits per heavy atom. The first-order valence-corrected chi connectivity index (χ1v) is 3.08. The van der Waals surface area contributed by atoms with E-state index in [9.17, 15) is 4.79 Å². The summed E-state index contributed by atoms with van der Waals surface area (Å²) in [5, 5.41) is 8.56. The summed E-state index contributed by atoms with van der Waals surface area (Å²) < 4.78 is 0. The molecule has 0 aliphatic carbocycles. The number of carboxylic acids is 1. The molecule has 0 spiro atoms. The monoisotopic (exact) mass is 144 g/mol. The highest BCUT2D eigenvalue weighted by Crippen LogP contribution is 2.03. The van der Waals surface area contributed by atoms with Gasteiger partial charge in [0.25, 0.3) is 0 Å². The molecule has 1 N–H and O–H groups in total. The van der Waals surface area contributed by atoms with E-state index in [1.165, 1.54) is 6.08 Å². The van der Waals surface area contributed by atoms with Crippen molar-refractivity contribution in [2.75, 3.05) is 0 Å². The van der Waals surface area contributed by atoms with Gasteiger partial charge in [-0.05, 0) is 13.0 Å². The Kier molecular flexibility index (Phi) is 3.98. The van der Waals surface area contributed by atoms with Crippen LogP contribution in [0.15, 0.2) is 23.5 Å². The zero-order valence-electron chi connectivity index (χ0n) is 5.16. The van der Waals surface area contributed by atoms with Crippen molar-refractivity contribution >= 4 is 15.2 Å². The lowest BCUT2D eigenvalue weighted by Gasteiger charge is -1.85. The van der Waals surface area contributed by atoms with Crippen molar-refractivity contribution in [2.45, 2.75) is 6.92 Å². The molecule has 9 heavy (non-hydrogen) atoms. The molecule has 0 rings (SSSR count). The van der Waals surface area contributed by atoms with Crippen LogP contribution in [0.4, 0.5) is 0 Å². The lowest BCUT2D eigenvalue weighted by atomic mass is 10.4. The first-order chi connectivity index (χ1) is 4.18. The van der Waals surface area contributed by atoms with Crippen LogP contribution in [0.1, 0.15) is 6.92 Å². The number of hydrogen-bond donors (Lipinski definition) is 1. The van der Waals surface area contributed by atoms with Gasteiger partial charge in [-0.1, -0.05) is 21.4 Å². The van der Waals surface area contributed by atoms with Gasteiger partial charge in [0.15, 0.2) is 0 Å². The molecule has 0 saturated heterocycles. The molecule has 3 heteroatoms. The Labute approximate surface area is 56.5 Å². The molecular formula is C6H9O2P. The number of carboxylic acid groups (broad SMARTS) is 1. The summed E-state index contributed by atoms with van der Waals surface area (Å²) in [7, 11) is 2.13. The van der Waals surface area contributed by atoms with Crippen molar-refractivity contribution in [1.82, 2.24) is 0 Å². The van der Waals surface area contributed by atoms with E-state index < -0.39 is 5.97 Å². The SMILES string of the molecule is C/C=C/C=C(\P)C(=O)O. The molecule has 0 bridgehead atoms. The van der Waals surface area contributed by atoms with E-state index >= 15 is 0 Å². The fraction of sp³-hybridized carbons (Fsp3) is 0.167. The van der Waals surface area contributed by atoms with Crippen molar-refractivity contribution < 1.29 is 9.90 Å². The van der Waals surface area contributed by atoms with Crippen LogP contribution in [-0.2, 0) is 4.79 Å². The molecule has 0 aromatic heterocycles. The molecule has 0 aromatic carbocycles. The summed E-state index contributed by atoms with van der Waals surface area (Å²) in [6, 6.07) is 0. The zero-order valence-corrected chi connectivity index (χ0v) is 6.32. The van der Waals surface area contributed by atoms with Crippen LogP contribution >= 0.6 is 9.24 Å². The number of allylic oxidation sites excluding steroid dienone is 3. The summed E-state index contributed by atoms with van der Waals surface area (Å²) in [5.41, 5.74) is 0. The molecule has 0 radical (unpaired) electrons. The van der Waals surface area contributed by atoms with Crippen molar-refractivity contribution in [3.05, 3.63) is 23.5 Å². The fourth-order valence-corrected chi connectivity index (χ4v) is 0.382. The van der Waals surface area contributed by atoms with Crippen LogP contribution in [-0.4, -0.2) is 11.1 Å². The van der Waals surface area contributed by atoms with Crippen LogP contribution < -0.4 is 0 Å². The van der Waals surface area contributed by atoms with Gasteiger partial charge in [-0.2, -0.15) is 0 Å². The summed E-state index contributed by atoms with van der Waals surface area (Å²) in [4.78, 5) is 10.1. The maximum absolute atomic E-state index is 10.1. The van der Waals surface area contributed by atoms with Crippen LogP contribution in [0.25, 0.3) is 0 Å². The molecule has 0 aliphatic heterocycles. The van der Waals surface area contributed by atoms with Gasteiger partial charge in [0.05, 0.1) is 5.31 Å². The molecule has 50 valence electrons. The Balaban J connectivity index is 4.00. The van der Waals surface area contributed by atoms with Crippen molar-refractivity contribution in [3.63, 3.8) is 0 Å². The van der Waals surface area contributed by atoms with E-state index in [1.54, 1.807) is 12.2 Å². The second-order valence-corrected chi connectivity index (χ2v) is 2.07. The predicted octanol–water partition coefficient (Wildman–Crippen LogP) is 1.41. The third kappa shape index (κ3) is 3.92. The lowest BCUT2D eigenvalue weighted by molar-refractivity contribution is -0.131. The summed E-state index contributed by atoms with van der Waals surface area (Å²) >= 11 is 0. The molecule has 0 amide bonds. The average molecular weight is 144 g/mol. The van der Waals surface area contributed by atoms with Crippen LogP contribution in [0.3, 0.4) is 0 Å². The van der Waals surface area contributed by atoms with Crippen molar-refractivity contribution in [2.24, 2.45) is 0 Å². The Morgan fingerprint density at radius 2 is 2.22 bits per heavy atom. The second kappa shape index (κ2) is 4.28. The fourth-order valence-electron chi connectivity index (χ4n) is 0.271. The van der Waals surface area contributed by atoms with E-state index in [-0.39, 0.29) is 5.31 Å². The smallest absolute Gasteiger partial charge is 0.335 e. The quantitative estimate of drug-likeness (QED) is 0.361. The van der Waals surface area contributed by atoms with Gasteiger partial charge in [-0.3, -0.25) is 0 Å². The van der Waals surface area contributed by atoms with Gasteiger partial charge in [0.2, 0.25) is 0 Å². The molecule has 0 aromatic rings. The number of rotatable bonds is 2. The van der Waals surface area contributed by atoms with Gasteiger partial charge in [0.1, 0.15) is 0 Å². The van der Waals surface area contributed by atoms with E-state index in [1.807, 2.05) is 6.92 Å². The molecule has 2 nitrogen and oxygen atoms in total. The van der Waals surface area contributed by atoms with Gasteiger partial charge >= 0.3 is 5.97 Å². The molecule has 0 aliphatic rings. The van der Waals surface area contributed by atoms with Crippen LogP contribution in [0.2, 0.25) is 0 Å². The normalized spacial score (nSPS) is 12.4. The van der Waals surface area contributed by atoms with Crippen molar-refractivity contribution in [3.8, 4) is 0 Å². The van der Waals surface area contributed by atoms with Crippen LogP contribution in [0.5, 0.6) is 0 Å². The largest absolute Gasteiger partial charge is 0.478 e. The number of hydrogen-bond acceptors (Lipinski definition) is 1. The molecular weight excluding hydrogens is 135 g/mol.